The van der Waals surface area contributed by atoms with Crippen LogP contribution in [0.3, 0.4) is 0 Å². The van der Waals surface area contributed by atoms with E-state index < -0.39 is 70.8 Å². The number of carbonyl (C=O) groups is 14. The topological polar surface area (TPSA) is 464 Å². The van der Waals surface area contributed by atoms with Gasteiger partial charge in [-0.15, -0.1) is 0 Å². The predicted octanol–water partition coefficient (Wildman–Crippen LogP) is 2.31. The van der Waals surface area contributed by atoms with Gasteiger partial charge in [0.05, 0.1) is 85.9 Å². The Morgan fingerprint density at radius 1 is 0.339 bits per heavy atom. The summed E-state index contributed by atoms with van der Waals surface area (Å²) in [6.45, 7) is 21.1. The number of aromatic amines is 2. The van der Waals surface area contributed by atoms with E-state index in [1.165, 1.54) is 24.3 Å². The fourth-order valence-electron chi connectivity index (χ4n) is 11.2. The molecule has 8 heterocycles. The van der Waals surface area contributed by atoms with Crippen LogP contribution in [0.4, 0.5) is 0 Å². The second-order valence-electron chi connectivity index (χ2n) is 26.2. The Hall–Kier alpha value is -11.2. The van der Waals surface area contributed by atoms with E-state index in [2.05, 4.69) is 59.1 Å². The summed E-state index contributed by atoms with van der Waals surface area (Å²) >= 11 is 0. The first-order valence-electron chi connectivity index (χ1n) is 37.6. The Labute approximate surface area is 666 Å². The second kappa shape index (κ2) is 56.9. The van der Waals surface area contributed by atoms with Crippen molar-refractivity contribution < 1.29 is 119 Å². The van der Waals surface area contributed by atoms with E-state index in [1.54, 1.807) is 6.08 Å². The molecular weight excluding hydrogens is 1510 g/mol. The number of hydrogen-bond acceptors (Lipinski definition) is 30. The number of imide groups is 2. The van der Waals surface area contributed by atoms with Gasteiger partial charge in [-0.25, -0.2) is 43.2 Å². The summed E-state index contributed by atoms with van der Waals surface area (Å²) in [6, 6.07) is 1.26. The molecule has 36 heteroatoms. The Balaban J connectivity index is 0.000000322. The van der Waals surface area contributed by atoms with Crippen LogP contribution < -0.4 is 32.5 Å². The molecule has 0 bridgehead atoms. The number of nitrogens with one attached hydrogen (secondary N) is 6. The van der Waals surface area contributed by atoms with E-state index in [0.717, 1.165) is 158 Å². The van der Waals surface area contributed by atoms with Gasteiger partial charge in [-0.05, 0) is 90.0 Å². The maximum Gasteiger partial charge on any atom is 0.331 e. The van der Waals surface area contributed by atoms with Crippen LogP contribution in [-0.2, 0) is 126 Å². The van der Waals surface area contributed by atoms with Crippen LogP contribution in [0.1, 0.15) is 116 Å². The quantitative estimate of drug-likeness (QED) is 0.0180. The number of carbonyl (C=O) groups excluding carboxylic acids is 14. The van der Waals surface area contributed by atoms with E-state index in [0.29, 0.717) is 132 Å². The first-order valence-corrected chi connectivity index (χ1v) is 37.6. The molecule has 0 aliphatic carbocycles. The summed E-state index contributed by atoms with van der Waals surface area (Å²) in [4.78, 5) is 194. The average molecular weight is 1610 g/mol. The third-order valence-corrected chi connectivity index (χ3v) is 16.7. The molecule has 0 saturated carbocycles. The van der Waals surface area contributed by atoms with Gasteiger partial charge >= 0.3 is 53.4 Å². The lowest BCUT2D eigenvalue weighted by molar-refractivity contribution is -0.140. The largest absolute Gasteiger partial charge is 0.463 e. The van der Waals surface area contributed by atoms with E-state index in [-0.39, 0.29) is 90.1 Å². The van der Waals surface area contributed by atoms with Crippen molar-refractivity contribution in [3.8, 4) is 0 Å². The molecule has 8 rings (SSSR count). The molecule has 7 aliphatic heterocycles. The number of morpholine rings is 3. The number of unbranched alkanes of at least 4 members (excludes halogenated alkanes) is 1. The second-order valence-corrected chi connectivity index (χ2v) is 26.2. The van der Waals surface area contributed by atoms with Crippen LogP contribution in [0.15, 0.2) is 135 Å². The highest BCUT2D eigenvalue weighted by molar-refractivity contribution is 6.06. The molecule has 6 amide bonds. The Morgan fingerprint density at radius 2 is 0.617 bits per heavy atom. The minimum atomic E-state index is -0.705. The maximum atomic E-state index is 11.6. The van der Waals surface area contributed by atoms with Crippen molar-refractivity contribution in [2.75, 3.05) is 151 Å². The normalized spacial score (nSPS) is 16.7. The molecule has 0 unspecified atom stereocenters. The van der Waals surface area contributed by atoms with E-state index >= 15 is 0 Å². The minimum absolute atomic E-state index is 0. The summed E-state index contributed by atoms with van der Waals surface area (Å²) < 4.78 is 55.8. The van der Waals surface area contributed by atoms with Crippen molar-refractivity contribution in [3.63, 3.8) is 0 Å². The Bertz CT molecular complexity index is 3830. The van der Waals surface area contributed by atoms with Crippen LogP contribution in [0.5, 0.6) is 0 Å². The molecule has 6 N–H and O–H groups in total. The molecule has 3 fully saturated rings. The molecule has 3 saturated heterocycles. The van der Waals surface area contributed by atoms with Gasteiger partial charge in [0, 0.05) is 174 Å². The molecule has 115 heavy (non-hydrogen) atoms. The van der Waals surface area contributed by atoms with Gasteiger partial charge in [-0.1, -0.05) is 42.9 Å². The zero-order valence-electron chi connectivity index (χ0n) is 64.1. The number of nitrogens with zero attached hydrogens (tertiary/aromatic N) is 3. The van der Waals surface area contributed by atoms with Gasteiger partial charge < -0.3 is 67.7 Å². The van der Waals surface area contributed by atoms with Crippen LogP contribution in [0.25, 0.3) is 0 Å². The smallest absolute Gasteiger partial charge is 0.331 e. The number of ether oxygens (including phenoxy) is 11. The lowest BCUT2D eigenvalue weighted by atomic mass is 10.0. The van der Waals surface area contributed by atoms with E-state index in [4.69, 9.17) is 52.1 Å². The van der Waals surface area contributed by atoms with Crippen molar-refractivity contribution in [2.24, 2.45) is 0 Å². The molecule has 0 spiro atoms. The number of aryl methyl sites for hydroxylation is 1. The van der Waals surface area contributed by atoms with E-state index in [9.17, 15) is 76.7 Å². The van der Waals surface area contributed by atoms with Gasteiger partial charge in [-0.2, -0.15) is 0 Å². The highest BCUT2D eigenvalue weighted by Crippen LogP contribution is 2.20. The SMILES string of the molecule is C.C=C1CC(CCCOC(=O)/C=C/C(=O)OCCCCN2CCOCC2)=CC(=O)N1.C=C1CC(CCCOC(=O)/C=C/C(=O)OCCCc2cc(=O)[nH]c(=O)[nH]2)=CC(=O)N1.O=C1C=C(CCCOC(=O)/C=C/C(=O)OCCCN2CCOCC2)CC(=O)N1.O=C1C=C(CCCOC(=O)/C=C/C(=O)OCCN2CCOCC2)CC(=O)N1. The highest BCUT2D eigenvalue weighted by atomic mass is 16.6. The molecule has 0 radical (unpaired) electrons. The summed E-state index contributed by atoms with van der Waals surface area (Å²) in [7, 11) is 0. The fraction of sp³-hybridized carbons (Fsp3) is 0.519. The lowest BCUT2D eigenvalue weighted by Crippen LogP contribution is -2.38. The number of esters is 8. The molecule has 0 atom stereocenters. The zero-order chi connectivity index (χ0) is 82.5. The van der Waals surface area contributed by atoms with Crippen molar-refractivity contribution >= 4 is 83.2 Å². The number of amides is 6. The number of aromatic nitrogens is 2. The molecule has 1 aromatic rings. The van der Waals surface area contributed by atoms with Crippen molar-refractivity contribution in [1.29, 1.82) is 0 Å². The third-order valence-electron chi connectivity index (χ3n) is 16.7. The van der Waals surface area contributed by atoms with Crippen LogP contribution in [-0.4, -0.2) is 259 Å². The number of allylic oxidation sites excluding steroid dienone is 2. The van der Waals surface area contributed by atoms with Gasteiger partial charge in [-0.3, -0.25) is 63.9 Å². The molecule has 36 nitrogen and oxygen atoms in total. The van der Waals surface area contributed by atoms with Gasteiger partial charge in [0.15, 0.2) is 0 Å². The Kier molecular flexibility index (Phi) is 47.6. The van der Waals surface area contributed by atoms with Crippen LogP contribution in [0, 0.1) is 0 Å². The van der Waals surface area contributed by atoms with Gasteiger partial charge in [0.25, 0.3) is 17.4 Å². The standard InChI is InChI=1S/C21H30N2O6.C20H23N3O7.C19H26N2O7.C18H24N2O7.CH4/c1-17-15-18(16-19(24)22-17)5-4-12-29-21(26)7-6-20(25)28-11-3-2-8-23-9-13-27-14-10-23;1-13-10-14(11-16(24)21-13)4-2-8-29-18(26)6-7-19(27)30-9-3-5-15-12-17(25)23-20(28)22-15;22-16-13-15(14-17(23)20-16)3-1-9-27-18(24)4-5-19(25)28-10-2-6-21-7-11-26-12-8-21;21-15-12-14(13-16(22)19-15)2-1-8-26-17(23)3-4-18(24)27-11-7-20-5-9-25-10-6-20;/h6-7,16H,1-5,8-15H2,(H,22,24);6-7,11-12H,1-5,8-10H2,(H,21,24)(H2,22,23,25,28);4-5,13H,1-3,6-12,14H2,(H,20,22,23);3-4,12H,1-2,5-11,13H2,(H,19,21,22);1H4/b2*7-6+;5-4+;4-3+;. The minimum Gasteiger partial charge on any atom is -0.463 e. The summed E-state index contributed by atoms with van der Waals surface area (Å²) in [5, 5.41) is 9.58. The van der Waals surface area contributed by atoms with Gasteiger partial charge in [0.1, 0.15) is 6.61 Å². The van der Waals surface area contributed by atoms with Gasteiger partial charge in [0.2, 0.25) is 23.6 Å². The molecule has 1 aromatic heterocycles. The number of hydrogen-bond donors (Lipinski definition) is 6. The summed E-state index contributed by atoms with van der Waals surface area (Å²) in [5.74, 6) is -6.87. The zero-order valence-corrected chi connectivity index (χ0v) is 64.1. The fourth-order valence-corrected chi connectivity index (χ4v) is 11.2. The number of H-pyrrole nitrogens is 2. The molecule has 7 aliphatic rings. The van der Waals surface area contributed by atoms with Crippen molar-refractivity contribution in [2.45, 2.75) is 117 Å². The van der Waals surface area contributed by atoms with Crippen LogP contribution >= 0.6 is 0 Å². The summed E-state index contributed by atoms with van der Waals surface area (Å²) in [5.41, 5.74) is 3.95. The monoisotopic (exact) mass is 1610 g/mol. The predicted molar refractivity (Wildman–Crippen MR) is 411 cm³/mol. The molecule has 630 valence electrons. The first kappa shape index (κ1) is 96.2. The third kappa shape index (κ3) is 47.2. The summed E-state index contributed by atoms with van der Waals surface area (Å²) in [6.07, 6.45) is 23.2. The Morgan fingerprint density at radius 3 is 0.939 bits per heavy atom. The van der Waals surface area contributed by atoms with Crippen LogP contribution in [0.2, 0.25) is 0 Å². The number of rotatable bonds is 40. The molecule has 0 aromatic carbocycles. The van der Waals surface area contributed by atoms with E-state index in [1.807, 2.05) is 0 Å². The molecular formula is C79H107N9O27. The maximum absolute atomic E-state index is 11.6. The lowest BCUT2D eigenvalue weighted by Gasteiger charge is -2.26. The average Bonchev–Trinajstić information content (AvgIpc) is 0.916. The van der Waals surface area contributed by atoms with Crippen molar-refractivity contribution in [3.05, 3.63) is 152 Å². The first-order chi connectivity index (χ1) is 54.9. The van der Waals surface area contributed by atoms with Crippen molar-refractivity contribution in [1.82, 2.24) is 45.9 Å². The highest BCUT2D eigenvalue weighted by Gasteiger charge is 2.20.